The molecule has 1 rings (SSSR count). The van der Waals surface area contributed by atoms with Crippen LogP contribution in [0.4, 0.5) is 0 Å². The first-order valence-electron chi connectivity index (χ1n) is 5.93. The van der Waals surface area contributed by atoms with Gasteiger partial charge in [-0.2, -0.15) is 5.26 Å². The molecule has 15 heavy (non-hydrogen) atoms. The number of rotatable bonds is 4. The van der Waals surface area contributed by atoms with E-state index in [1.54, 1.807) is 0 Å². The predicted octanol–water partition coefficient (Wildman–Crippen LogP) is 1.74. The number of nitrogens with zero attached hydrogens (tertiary/aromatic N) is 2. The maximum atomic E-state index is 8.89. The Morgan fingerprint density at radius 3 is 2.87 bits per heavy atom. The molecule has 3 heteroatoms. The molecule has 86 valence electrons. The summed E-state index contributed by atoms with van der Waals surface area (Å²) in [5.41, 5.74) is 5.75. The molecular weight excluding hydrogens is 186 g/mol. The second-order valence-corrected chi connectivity index (χ2v) is 5.30. The molecule has 0 aliphatic carbocycles. The van der Waals surface area contributed by atoms with Gasteiger partial charge in [-0.25, -0.2) is 0 Å². The third-order valence-corrected chi connectivity index (χ3v) is 3.12. The number of likely N-dealkylation sites (tertiary alicyclic amines) is 1. The summed E-state index contributed by atoms with van der Waals surface area (Å²) < 4.78 is 0. The SMILES string of the molecule is CC(C)(C#N)CCCN1CCCC(N)C1. The van der Waals surface area contributed by atoms with Gasteiger partial charge in [-0.3, -0.25) is 0 Å². The molecule has 0 spiro atoms. The van der Waals surface area contributed by atoms with Gasteiger partial charge in [-0.05, 0) is 52.6 Å². The van der Waals surface area contributed by atoms with Crippen LogP contribution in [0.2, 0.25) is 0 Å². The van der Waals surface area contributed by atoms with E-state index in [9.17, 15) is 0 Å². The number of hydrogen-bond acceptors (Lipinski definition) is 3. The maximum Gasteiger partial charge on any atom is 0.0683 e. The van der Waals surface area contributed by atoms with Gasteiger partial charge in [0.15, 0.2) is 0 Å². The summed E-state index contributed by atoms with van der Waals surface area (Å²) in [6.45, 7) is 7.33. The Kier molecular flexibility index (Phi) is 4.56. The molecule has 1 fully saturated rings. The Hall–Kier alpha value is -0.590. The molecule has 0 amide bonds. The Morgan fingerprint density at radius 2 is 2.27 bits per heavy atom. The monoisotopic (exact) mass is 209 g/mol. The molecule has 1 saturated heterocycles. The van der Waals surface area contributed by atoms with E-state index in [0.717, 1.165) is 25.9 Å². The van der Waals surface area contributed by atoms with Crippen LogP contribution in [0, 0.1) is 16.7 Å². The molecule has 1 aliphatic heterocycles. The van der Waals surface area contributed by atoms with Crippen LogP contribution in [0.3, 0.4) is 0 Å². The number of piperidine rings is 1. The van der Waals surface area contributed by atoms with Crippen molar-refractivity contribution in [3.8, 4) is 6.07 Å². The van der Waals surface area contributed by atoms with E-state index < -0.39 is 0 Å². The van der Waals surface area contributed by atoms with Crippen LogP contribution in [0.25, 0.3) is 0 Å². The van der Waals surface area contributed by atoms with Crippen LogP contribution in [0.1, 0.15) is 39.5 Å². The quantitative estimate of drug-likeness (QED) is 0.767. The second-order valence-electron chi connectivity index (χ2n) is 5.30. The van der Waals surface area contributed by atoms with Gasteiger partial charge in [0.05, 0.1) is 11.5 Å². The van der Waals surface area contributed by atoms with Gasteiger partial charge in [0, 0.05) is 12.6 Å². The molecular formula is C12H23N3. The summed E-state index contributed by atoms with van der Waals surface area (Å²) in [7, 11) is 0. The van der Waals surface area contributed by atoms with Gasteiger partial charge in [-0.1, -0.05) is 0 Å². The minimum Gasteiger partial charge on any atom is -0.327 e. The highest BCUT2D eigenvalue weighted by atomic mass is 15.1. The van der Waals surface area contributed by atoms with Crippen molar-refractivity contribution in [3.05, 3.63) is 0 Å². The van der Waals surface area contributed by atoms with Crippen LogP contribution in [0.5, 0.6) is 0 Å². The fraction of sp³-hybridized carbons (Fsp3) is 0.917. The summed E-state index contributed by atoms with van der Waals surface area (Å²) in [4.78, 5) is 2.43. The third-order valence-electron chi connectivity index (χ3n) is 3.12. The van der Waals surface area contributed by atoms with Crippen molar-refractivity contribution in [3.63, 3.8) is 0 Å². The Labute approximate surface area is 93.2 Å². The molecule has 2 N–H and O–H groups in total. The summed E-state index contributed by atoms with van der Waals surface area (Å²) in [6.07, 6.45) is 4.48. The van der Waals surface area contributed by atoms with Crippen LogP contribution in [-0.4, -0.2) is 30.6 Å². The van der Waals surface area contributed by atoms with Gasteiger partial charge in [-0.15, -0.1) is 0 Å². The summed E-state index contributed by atoms with van der Waals surface area (Å²) in [5, 5.41) is 8.89. The fourth-order valence-corrected chi connectivity index (χ4v) is 2.09. The molecule has 0 bridgehead atoms. The van der Waals surface area contributed by atoms with Crippen molar-refractivity contribution in [2.75, 3.05) is 19.6 Å². The lowest BCUT2D eigenvalue weighted by Gasteiger charge is -2.31. The second kappa shape index (κ2) is 5.48. The van der Waals surface area contributed by atoms with Crippen molar-refractivity contribution >= 4 is 0 Å². The number of nitrogens with two attached hydrogens (primary N) is 1. The predicted molar refractivity (Wildman–Crippen MR) is 62.3 cm³/mol. The lowest BCUT2D eigenvalue weighted by Crippen LogP contribution is -2.43. The average Bonchev–Trinajstić information content (AvgIpc) is 2.18. The van der Waals surface area contributed by atoms with E-state index in [1.807, 2.05) is 13.8 Å². The molecule has 0 aromatic rings. The van der Waals surface area contributed by atoms with Crippen LogP contribution in [0.15, 0.2) is 0 Å². The zero-order valence-electron chi connectivity index (χ0n) is 10.00. The van der Waals surface area contributed by atoms with E-state index in [1.165, 1.54) is 19.4 Å². The molecule has 0 aromatic carbocycles. The van der Waals surface area contributed by atoms with E-state index >= 15 is 0 Å². The van der Waals surface area contributed by atoms with Gasteiger partial charge < -0.3 is 10.6 Å². The van der Waals surface area contributed by atoms with Gasteiger partial charge in [0.2, 0.25) is 0 Å². The number of nitriles is 1. The average molecular weight is 209 g/mol. The summed E-state index contributed by atoms with van der Waals surface area (Å²) >= 11 is 0. The summed E-state index contributed by atoms with van der Waals surface area (Å²) in [6, 6.07) is 2.71. The van der Waals surface area contributed by atoms with Crippen LogP contribution in [-0.2, 0) is 0 Å². The minimum atomic E-state index is -0.169. The minimum absolute atomic E-state index is 0.169. The molecule has 1 heterocycles. The molecule has 3 nitrogen and oxygen atoms in total. The normalized spacial score (nSPS) is 23.7. The van der Waals surface area contributed by atoms with Gasteiger partial charge in [0.1, 0.15) is 0 Å². The van der Waals surface area contributed by atoms with Crippen molar-refractivity contribution < 1.29 is 0 Å². The van der Waals surface area contributed by atoms with E-state index in [-0.39, 0.29) is 5.41 Å². The maximum absolute atomic E-state index is 8.89. The molecule has 0 saturated carbocycles. The van der Waals surface area contributed by atoms with Crippen molar-refractivity contribution in [1.82, 2.24) is 4.90 Å². The van der Waals surface area contributed by atoms with E-state index in [0.29, 0.717) is 6.04 Å². The lowest BCUT2D eigenvalue weighted by atomic mass is 9.89. The molecule has 1 atom stereocenters. The van der Waals surface area contributed by atoms with Crippen molar-refractivity contribution in [2.24, 2.45) is 11.1 Å². The molecule has 1 aliphatic rings. The molecule has 0 aromatic heterocycles. The Bertz CT molecular complexity index is 230. The standard InChI is InChI=1S/C12H23N3/c1-12(2,10-13)6-4-8-15-7-3-5-11(14)9-15/h11H,3-9,14H2,1-2H3. The third kappa shape index (κ3) is 4.63. The largest absolute Gasteiger partial charge is 0.327 e. The van der Waals surface area contributed by atoms with Crippen molar-refractivity contribution in [1.29, 1.82) is 5.26 Å². The molecule has 0 radical (unpaired) electrons. The topological polar surface area (TPSA) is 53.0 Å². The fourth-order valence-electron chi connectivity index (χ4n) is 2.09. The first kappa shape index (κ1) is 12.5. The Balaban J connectivity index is 2.18. The van der Waals surface area contributed by atoms with Gasteiger partial charge in [0.25, 0.3) is 0 Å². The van der Waals surface area contributed by atoms with E-state index in [2.05, 4.69) is 11.0 Å². The zero-order chi connectivity index (χ0) is 11.3. The highest BCUT2D eigenvalue weighted by molar-refractivity contribution is 4.91. The highest BCUT2D eigenvalue weighted by Crippen LogP contribution is 2.21. The highest BCUT2D eigenvalue weighted by Gasteiger charge is 2.19. The first-order chi connectivity index (χ1) is 7.03. The lowest BCUT2D eigenvalue weighted by molar-refractivity contribution is 0.199. The zero-order valence-corrected chi connectivity index (χ0v) is 10.00. The summed E-state index contributed by atoms with van der Waals surface area (Å²) in [5.74, 6) is 0. The molecule has 1 unspecified atom stereocenters. The number of hydrogen-bond donors (Lipinski definition) is 1. The smallest absolute Gasteiger partial charge is 0.0683 e. The van der Waals surface area contributed by atoms with E-state index in [4.69, 9.17) is 11.0 Å². The Morgan fingerprint density at radius 1 is 1.53 bits per heavy atom. The van der Waals surface area contributed by atoms with Crippen LogP contribution >= 0.6 is 0 Å². The van der Waals surface area contributed by atoms with Crippen LogP contribution < -0.4 is 5.73 Å². The van der Waals surface area contributed by atoms with Crippen molar-refractivity contribution in [2.45, 2.75) is 45.6 Å². The van der Waals surface area contributed by atoms with Gasteiger partial charge >= 0.3 is 0 Å². The first-order valence-corrected chi connectivity index (χ1v) is 5.93.